The molecule has 28 heavy (non-hydrogen) atoms. The minimum Gasteiger partial charge on any atom is -0.353 e. The number of hydrogen-bond acceptors (Lipinski definition) is 5. The average Bonchev–Trinajstić information content (AvgIpc) is 3.36. The maximum absolute atomic E-state index is 12.6. The van der Waals surface area contributed by atoms with Crippen LogP contribution in [0, 0.1) is 0 Å². The summed E-state index contributed by atoms with van der Waals surface area (Å²) in [6, 6.07) is 9.39. The molecule has 0 radical (unpaired) electrons. The molecule has 1 N–H and O–H groups in total. The van der Waals surface area contributed by atoms with Gasteiger partial charge in [0.15, 0.2) is 5.82 Å². The van der Waals surface area contributed by atoms with Gasteiger partial charge in [0, 0.05) is 54.3 Å². The third kappa shape index (κ3) is 3.03. The molecule has 1 aliphatic heterocycles. The zero-order chi connectivity index (χ0) is 19.1. The number of carbonyl (C=O) groups is 1. The van der Waals surface area contributed by atoms with Gasteiger partial charge in [0.25, 0.3) is 5.91 Å². The Labute approximate surface area is 166 Å². The molecule has 1 atom stereocenters. The summed E-state index contributed by atoms with van der Waals surface area (Å²) >= 11 is 5.98. The van der Waals surface area contributed by atoms with Crippen molar-refractivity contribution in [3.05, 3.63) is 66.0 Å². The van der Waals surface area contributed by atoms with Crippen molar-refractivity contribution in [3.8, 4) is 0 Å². The number of rotatable bonds is 3. The van der Waals surface area contributed by atoms with Crippen molar-refractivity contribution in [3.63, 3.8) is 0 Å². The van der Waals surface area contributed by atoms with Gasteiger partial charge in [0.2, 0.25) is 5.82 Å². The van der Waals surface area contributed by atoms with E-state index in [1.54, 1.807) is 30.6 Å². The van der Waals surface area contributed by atoms with E-state index in [1.807, 2.05) is 28.9 Å². The number of halogens is 1. The van der Waals surface area contributed by atoms with Crippen LogP contribution in [0.2, 0.25) is 5.02 Å². The second-order valence-corrected chi connectivity index (χ2v) is 7.29. The molecule has 7 nitrogen and oxygen atoms in total. The van der Waals surface area contributed by atoms with E-state index >= 15 is 0 Å². The summed E-state index contributed by atoms with van der Waals surface area (Å²) in [5.74, 6) is 0.834. The first kappa shape index (κ1) is 16.9. The standard InChI is InChI=1S/C20H17ClN6O/c21-14-3-4-16-13(10-14)11-23-18(25-16)20(28)24-15-5-8-27(12-15)19-17-2-1-7-26(17)9-6-22-19/h1-4,6-7,9-11,15H,5,8,12H2,(H,24,28)/t15-/m0/s1. The van der Waals surface area contributed by atoms with Crippen LogP contribution in [0.4, 0.5) is 5.82 Å². The van der Waals surface area contributed by atoms with Crippen molar-refractivity contribution < 1.29 is 4.79 Å². The summed E-state index contributed by atoms with van der Waals surface area (Å²) in [6.07, 6.45) is 8.20. The van der Waals surface area contributed by atoms with E-state index in [9.17, 15) is 4.79 Å². The van der Waals surface area contributed by atoms with E-state index in [0.29, 0.717) is 17.1 Å². The van der Waals surface area contributed by atoms with Crippen LogP contribution in [0.25, 0.3) is 16.4 Å². The van der Waals surface area contributed by atoms with Crippen LogP contribution in [0.3, 0.4) is 0 Å². The Hall–Kier alpha value is -3.19. The first-order valence-corrected chi connectivity index (χ1v) is 9.45. The van der Waals surface area contributed by atoms with Gasteiger partial charge in [-0.05, 0) is 36.8 Å². The molecule has 1 aliphatic rings. The number of nitrogens with zero attached hydrogens (tertiary/aromatic N) is 5. The lowest BCUT2D eigenvalue weighted by Gasteiger charge is -2.19. The number of carbonyl (C=O) groups excluding carboxylic acids is 1. The van der Waals surface area contributed by atoms with Gasteiger partial charge in [0.1, 0.15) is 0 Å². The SMILES string of the molecule is O=C(N[C@H]1CCN(c2nccn3cccc23)C1)c1ncc2cc(Cl)ccc2n1. The van der Waals surface area contributed by atoms with Crippen molar-refractivity contribution >= 4 is 39.7 Å². The Morgan fingerprint density at radius 2 is 2.14 bits per heavy atom. The number of benzene rings is 1. The summed E-state index contributed by atoms with van der Waals surface area (Å²) < 4.78 is 2.05. The highest BCUT2D eigenvalue weighted by atomic mass is 35.5. The minimum atomic E-state index is -0.266. The summed E-state index contributed by atoms with van der Waals surface area (Å²) in [5, 5.41) is 4.47. The lowest BCUT2D eigenvalue weighted by Crippen LogP contribution is -2.38. The molecule has 140 valence electrons. The maximum atomic E-state index is 12.6. The fourth-order valence-electron chi connectivity index (χ4n) is 3.63. The van der Waals surface area contributed by atoms with Crippen LogP contribution in [0.15, 0.2) is 55.1 Å². The molecule has 0 unspecified atom stereocenters. The predicted molar refractivity (Wildman–Crippen MR) is 108 cm³/mol. The smallest absolute Gasteiger partial charge is 0.289 e. The van der Waals surface area contributed by atoms with Crippen LogP contribution in [-0.2, 0) is 0 Å². The Morgan fingerprint density at radius 3 is 3.07 bits per heavy atom. The fourth-order valence-corrected chi connectivity index (χ4v) is 3.81. The van der Waals surface area contributed by atoms with Crippen molar-refractivity contribution in [2.45, 2.75) is 12.5 Å². The lowest BCUT2D eigenvalue weighted by molar-refractivity contribution is 0.0930. The topological polar surface area (TPSA) is 75.4 Å². The van der Waals surface area contributed by atoms with E-state index in [2.05, 4.69) is 25.2 Å². The quantitative estimate of drug-likeness (QED) is 0.580. The number of amides is 1. The van der Waals surface area contributed by atoms with Gasteiger partial charge < -0.3 is 14.6 Å². The highest BCUT2D eigenvalue weighted by Gasteiger charge is 2.27. The average molecular weight is 393 g/mol. The third-order valence-electron chi connectivity index (χ3n) is 5.00. The first-order chi connectivity index (χ1) is 13.7. The highest BCUT2D eigenvalue weighted by Crippen LogP contribution is 2.23. The zero-order valence-corrected chi connectivity index (χ0v) is 15.7. The highest BCUT2D eigenvalue weighted by molar-refractivity contribution is 6.31. The largest absolute Gasteiger partial charge is 0.353 e. The summed E-state index contributed by atoms with van der Waals surface area (Å²) in [4.78, 5) is 27.9. The Bertz CT molecular complexity index is 1190. The first-order valence-electron chi connectivity index (χ1n) is 9.07. The number of nitrogens with one attached hydrogen (secondary N) is 1. The van der Waals surface area contributed by atoms with Crippen LogP contribution < -0.4 is 10.2 Å². The van der Waals surface area contributed by atoms with Gasteiger partial charge in [-0.15, -0.1) is 0 Å². The molecule has 5 rings (SSSR count). The van der Waals surface area contributed by atoms with Gasteiger partial charge in [-0.1, -0.05) is 11.6 Å². The molecule has 0 bridgehead atoms. The van der Waals surface area contributed by atoms with E-state index < -0.39 is 0 Å². The molecule has 4 aromatic rings. The maximum Gasteiger partial charge on any atom is 0.289 e. The van der Waals surface area contributed by atoms with Crippen LogP contribution in [0.5, 0.6) is 0 Å². The summed E-state index contributed by atoms with van der Waals surface area (Å²) in [6.45, 7) is 1.53. The van der Waals surface area contributed by atoms with Gasteiger partial charge in [-0.3, -0.25) is 4.79 Å². The second kappa shape index (κ2) is 6.76. The van der Waals surface area contributed by atoms with E-state index in [-0.39, 0.29) is 17.8 Å². The zero-order valence-electron chi connectivity index (χ0n) is 14.9. The van der Waals surface area contributed by atoms with Crippen LogP contribution >= 0.6 is 11.6 Å². The van der Waals surface area contributed by atoms with Crippen molar-refractivity contribution in [1.29, 1.82) is 0 Å². The molecular weight excluding hydrogens is 376 g/mol. The van der Waals surface area contributed by atoms with Crippen LogP contribution in [0.1, 0.15) is 17.0 Å². The van der Waals surface area contributed by atoms with E-state index in [0.717, 1.165) is 29.7 Å². The van der Waals surface area contributed by atoms with Gasteiger partial charge in [-0.25, -0.2) is 15.0 Å². The van der Waals surface area contributed by atoms with Gasteiger partial charge in [0.05, 0.1) is 11.0 Å². The number of fused-ring (bicyclic) bond motifs is 2. The molecular formula is C20H17ClN6O. The molecule has 0 aliphatic carbocycles. The van der Waals surface area contributed by atoms with E-state index in [4.69, 9.17) is 11.6 Å². The lowest BCUT2D eigenvalue weighted by atomic mass is 10.2. The van der Waals surface area contributed by atoms with Crippen molar-refractivity contribution in [1.82, 2.24) is 24.7 Å². The monoisotopic (exact) mass is 392 g/mol. The Balaban J connectivity index is 1.31. The molecule has 1 saturated heterocycles. The van der Waals surface area contributed by atoms with Gasteiger partial charge in [-0.2, -0.15) is 0 Å². The van der Waals surface area contributed by atoms with Crippen LogP contribution in [-0.4, -0.2) is 44.4 Å². The number of anilines is 1. The molecule has 0 saturated carbocycles. The predicted octanol–water partition coefficient (Wildman–Crippen LogP) is 2.94. The molecule has 0 spiro atoms. The van der Waals surface area contributed by atoms with Gasteiger partial charge >= 0.3 is 0 Å². The number of hydrogen-bond donors (Lipinski definition) is 1. The molecule has 1 aromatic carbocycles. The summed E-state index contributed by atoms with van der Waals surface area (Å²) in [7, 11) is 0. The molecule has 1 amide bonds. The number of aromatic nitrogens is 4. The molecule has 4 heterocycles. The van der Waals surface area contributed by atoms with E-state index in [1.165, 1.54) is 0 Å². The Morgan fingerprint density at radius 1 is 1.21 bits per heavy atom. The molecule has 1 fully saturated rings. The Kier molecular flexibility index (Phi) is 4.09. The minimum absolute atomic E-state index is 0.0223. The summed E-state index contributed by atoms with van der Waals surface area (Å²) in [5.41, 5.74) is 1.76. The molecule has 3 aromatic heterocycles. The fraction of sp³-hybridized carbons (Fsp3) is 0.200. The normalized spacial score (nSPS) is 16.8. The van der Waals surface area contributed by atoms with Crippen molar-refractivity contribution in [2.75, 3.05) is 18.0 Å². The second-order valence-electron chi connectivity index (χ2n) is 6.85. The molecule has 8 heteroatoms. The van der Waals surface area contributed by atoms with Crippen molar-refractivity contribution in [2.24, 2.45) is 0 Å². The third-order valence-corrected chi connectivity index (χ3v) is 5.24.